The first-order chi connectivity index (χ1) is 18.9. The van der Waals surface area contributed by atoms with E-state index in [1.807, 2.05) is 36.4 Å². The molecule has 14 nitrogen and oxygen atoms in total. The molecule has 1 aliphatic rings. The van der Waals surface area contributed by atoms with Crippen molar-refractivity contribution in [3.63, 3.8) is 0 Å². The van der Waals surface area contributed by atoms with E-state index >= 15 is 0 Å². The third-order valence-corrected chi connectivity index (χ3v) is 8.89. The number of ether oxygens (including phenoxy) is 1. The molecule has 214 valence electrons. The average molecular weight is 594 g/mol. The van der Waals surface area contributed by atoms with E-state index in [0.717, 1.165) is 22.0 Å². The van der Waals surface area contributed by atoms with Crippen molar-refractivity contribution in [3.8, 4) is 0 Å². The second-order valence-electron chi connectivity index (χ2n) is 8.79. The average Bonchev–Trinajstić information content (AvgIpc) is 3.19. The Labute approximate surface area is 228 Å². The Bertz CT molecular complexity index is 1610. The summed E-state index contributed by atoms with van der Waals surface area (Å²) in [5.74, 6) is -1.48. The van der Waals surface area contributed by atoms with E-state index in [1.54, 1.807) is 13.0 Å². The molecule has 1 amide bonds. The molecule has 3 unspecified atom stereocenters. The fraction of sp³-hybridized carbons (Fsp3) is 0.292. The highest BCUT2D eigenvalue weighted by Crippen LogP contribution is 2.59. The van der Waals surface area contributed by atoms with Crippen LogP contribution in [0.25, 0.3) is 10.8 Å². The SMILES string of the molecule is CCC(=O)Nc1ccn([C@@H]2OC(COP(N)(=O)OP(C)(=O)OCc3ccc4ccccc4c3)=C(O)C2O)c(=O)n1. The number of aliphatic hydroxyl groups is 2. The van der Waals surface area contributed by atoms with Crippen molar-refractivity contribution in [2.45, 2.75) is 32.3 Å². The highest BCUT2D eigenvalue weighted by molar-refractivity contribution is 7.65. The first-order valence-electron chi connectivity index (χ1n) is 12.0. The Morgan fingerprint density at radius 1 is 1.15 bits per heavy atom. The van der Waals surface area contributed by atoms with Gasteiger partial charge < -0.3 is 24.8 Å². The van der Waals surface area contributed by atoms with Crippen molar-refractivity contribution in [1.82, 2.24) is 9.55 Å². The van der Waals surface area contributed by atoms with E-state index in [4.69, 9.17) is 23.6 Å². The fourth-order valence-electron chi connectivity index (χ4n) is 3.72. The van der Waals surface area contributed by atoms with Crippen molar-refractivity contribution >= 4 is 37.8 Å². The fourth-order valence-corrected chi connectivity index (χ4v) is 6.43. The standard InChI is InChI=1S/C24H28N4O10P2/c1-3-20(29)26-19-10-11-28(24(32)27-19)23-22(31)21(30)18(37-23)14-36-40(25,34)38-39(2,33)35-13-15-8-9-16-6-4-5-7-17(16)12-15/h4-12,22-23,30-31H,3,13-14H2,1-2H3,(H2,25,34)(H,26,27,29,32)/t22?,23-,39?,40?/m1/s1. The van der Waals surface area contributed by atoms with Gasteiger partial charge in [-0.15, -0.1) is 0 Å². The topological polar surface area (TPSA) is 202 Å². The number of benzene rings is 2. The van der Waals surface area contributed by atoms with E-state index in [-0.39, 0.29) is 24.8 Å². The van der Waals surface area contributed by atoms with Crippen LogP contribution in [0, 0.1) is 0 Å². The molecule has 1 aliphatic heterocycles. The molecule has 0 bridgehead atoms. The summed E-state index contributed by atoms with van der Waals surface area (Å²) in [4.78, 5) is 27.6. The van der Waals surface area contributed by atoms with E-state index in [9.17, 15) is 28.9 Å². The first kappa shape index (κ1) is 29.6. The predicted molar refractivity (Wildman–Crippen MR) is 144 cm³/mol. The second kappa shape index (κ2) is 12.0. The lowest BCUT2D eigenvalue weighted by Crippen LogP contribution is -2.33. The number of carbonyl (C=O) groups excluding carboxylic acids is 1. The number of rotatable bonds is 11. The van der Waals surface area contributed by atoms with Gasteiger partial charge in [-0.3, -0.25) is 18.5 Å². The zero-order valence-electron chi connectivity index (χ0n) is 21.5. The predicted octanol–water partition coefficient (Wildman–Crippen LogP) is 3.54. The van der Waals surface area contributed by atoms with Crippen LogP contribution < -0.4 is 16.5 Å². The Balaban J connectivity index is 1.34. The van der Waals surface area contributed by atoms with Gasteiger partial charge in [-0.1, -0.05) is 43.3 Å². The third-order valence-electron chi connectivity index (χ3n) is 5.71. The Hall–Kier alpha value is -3.35. The summed E-state index contributed by atoms with van der Waals surface area (Å²) in [6.07, 6.45) is -1.79. The summed E-state index contributed by atoms with van der Waals surface area (Å²) in [5, 5.41) is 25.0. The number of nitrogens with zero attached hydrogens (tertiary/aromatic N) is 2. The lowest BCUT2D eigenvalue weighted by atomic mass is 10.1. The minimum absolute atomic E-state index is 0.00521. The highest BCUT2D eigenvalue weighted by Gasteiger charge is 2.39. The molecular weight excluding hydrogens is 566 g/mol. The number of nitrogens with one attached hydrogen (secondary N) is 1. The molecule has 16 heteroatoms. The molecule has 0 fully saturated rings. The highest BCUT2D eigenvalue weighted by atomic mass is 31.3. The van der Waals surface area contributed by atoms with Crippen LogP contribution in [0.15, 0.2) is 71.0 Å². The van der Waals surface area contributed by atoms with Gasteiger partial charge in [0.15, 0.2) is 17.6 Å². The van der Waals surface area contributed by atoms with Gasteiger partial charge in [0.05, 0.1) is 6.61 Å². The van der Waals surface area contributed by atoms with Crippen LogP contribution in [-0.2, 0) is 38.6 Å². The normalized spacial score (nSPS) is 20.1. The summed E-state index contributed by atoms with van der Waals surface area (Å²) in [5.41, 5.74) is 5.38. The van der Waals surface area contributed by atoms with E-state index in [2.05, 4.69) is 10.3 Å². The Morgan fingerprint density at radius 2 is 1.88 bits per heavy atom. The third kappa shape index (κ3) is 7.23. The smallest absolute Gasteiger partial charge is 0.410 e. The minimum atomic E-state index is -4.51. The number of hydrogen-bond donors (Lipinski definition) is 4. The molecule has 1 aromatic heterocycles. The lowest BCUT2D eigenvalue weighted by molar-refractivity contribution is -0.115. The number of amides is 1. The molecule has 0 radical (unpaired) electrons. The van der Waals surface area contributed by atoms with Gasteiger partial charge >= 0.3 is 21.0 Å². The summed E-state index contributed by atoms with van der Waals surface area (Å²) in [6.45, 7) is 1.82. The molecule has 3 aromatic rings. The summed E-state index contributed by atoms with van der Waals surface area (Å²) in [7, 11) is -8.49. The van der Waals surface area contributed by atoms with Crippen LogP contribution in [0.1, 0.15) is 25.1 Å². The molecule has 0 aliphatic carbocycles. The molecule has 2 heterocycles. The summed E-state index contributed by atoms with van der Waals surface area (Å²) < 4.78 is 47.1. The molecule has 4 rings (SSSR count). The monoisotopic (exact) mass is 594 g/mol. The zero-order chi connectivity index (χ0) is 29.1. The van der Waals surface area contributed by atoms with Crippen LogP contribution in [-0.4, -0.2) is 45.0 Å². The van der Waals surface area contributed by atoms with Gasteiger partial charge in [0.2, 0.25) is 12.1 Å². The Morgan fingerprint density at radius 3 is 2.58 bits per heavy atom. The maximum atomic E-state index is 12.8. The van der Waals surface area contributed by atoms with Crippen LogP contribution in [0.3, 0.4) is 0 Å². The van der Waals surface area contributed by atoms with E-state index < -0.39 is 51.5 Å². The van der Waals surface area contributed by atoms with E-state index in [0.29, 0.717) is 5.56 Å². The number of carbonyl (C=O) groups is 1. The van der Waals surface area contributed by atoms with Crippen molar-refractivity contribution < 1.29 is 42.2 Å². The number of fused-ring (bicyclic) bond motifs is 1. The van der Waals surface area contributed by atoms with Crippen LogP contribution in [0.5, 0.6) is 0 Å². The molecule has 0 saturated carbocycles. The van der Waals surface area contributed by atoms with Crippen LogP contribution in [0.2, 0.25) is 0 Å². The maximum Gasteiger partial charge on any atom is 0.410 e. The molecule has 40 heavy (non-hydrogen) atoms. The van der Waals surface area contributed by atoms with Crippen molar-refractivity contribution in [2.24, 2.45) is 5.50 Å². The van der Waals surface area contributed by atoms with Crippen LogP contribution in [0.4, 0.5) is 5.82 Å². The number of aromatic nitrogens is 2. The quantitative estimate of drug-likeness (QED) is 0.236. The zero-order valence-corrected chi connectivity index (χ0v) is 23.3. The first-order valence-corrected chi connectivity index (χ1v) is 15.6. The number of aliphatic hydroxyl groups excluding tert-OH is 2. The van der Waals surface area contributed by atoms with Gasteiger partial charge in [-0.05, 0) is 28.5 Å². The van der Waals surface area contributed by atoms with Crippen LogP contribution >= 0.6 is 15.3 Å². The van der Waals surface area contributed by atoms with Gasteiger partial charge in [-0.2, -0.15) is 4.98 Å². The van der Waals surface area contributed by atoms with Crippen molar-refractivity contribution in [2.75, 3.05) is 18.6 Å². The summed E-state index contributed by atoms with van der Waals surface area (Å²) >= 11 is 0. The second-order valence-corrected chi connectivity index (χ2v) is 12.6. The molecular formula is C24H28N4O10P2. The molecule has 5 N–H and O–H groups in total. The number of anilines is 1. The lowest BCUT2D eigenvalue weighted by Gasteiger charge is -2.20. The largest absolute Gasteiger partial charge is 0.506 e. The summed E-state index contributed by atoms with van der Waals surface area (Å²) in [6, 6.07) is 14.4. The number of nitrogens with two attached hydrogens (primary N) is 1. The van der Waals surface area contributed by atoms with E-state index in [1.165, 1.54) is 12.3 Å². The minimum Gasteiger partial charge on any atom is -0.506 e. The molecule has 4 atom stereocenters. The number of hydrogen-bond acceptors (Lipinski definition) is 11. The molecule has 0 saturated heterocycles. The van der Waals surface area contributed by atoms with Gasteiger partial charge in [0, 0.05) is 19.3 Å². The van der Waals surface area contributed by atoms with Crippen molar-refractivity contribution in [1.29, 1.82) is 0 Å². The van der Waals surface area contributed by atoms with Gasteiger partial charge in [0.1, 0.15) is 12.4 Å². The molecule has 0 spiro atoms. The van der Waals surface area contributed by atoms with Gasteiger partial charge in [-0.25, -0.2) is 19.2 Å². The van der Waals surface area contributed by atoms with Crippen molar-refractivity contribution in [3.05, 3.63) is 82.3 Å². The molecule has 2 aromatic carbocycles. The Kier molecular flexibility index (Phi) is 8.91. The maximum absolute atomic E-state index is 12.8. The van der Waals surface area contributed by atoms with Gasteiger partial charge in [0.25, 0.3) is 0 Å².